The van der Waals surface area contributed by atoms with Crippen LogP contribution in [-0.4, -0.2) is 32.4 Å². The number of sulfonamides is 1. The van der Waals surface area contributed by atoms with E-state index < -0.39 is 27.8 Å². The van der Waals surface area contributed by atoms with Crippen molar-refractivity contribution in [3.05, 3.63) is 29.8 Å². The van der Waals surface area contributed by atoms with E-state index in [1.807, 2.05) is 0 Å². The fourth-order valence-corrected chi connectivity index (χ4v) is 2.64. The van der Waals surface area contributed by atoms with Crippen LogP contribution in [0.2, 0.25) is 0 Å². The van der Waals surface area contributed by atoms with Crippen LogP contribution in [0.25, 0.3) is 0 Å². The maximum absolute atomic E-state index is 11.5. The van der Waals surface area contributed by atoms with Gasteiger partial charge in [0.05, 0.1) is 7.11 Å². The quantitative estimate of drug-likeness (QED) is 0.798. The molecule has 0 aliphatic rings. The van der Waals surface area contributed by atoms with Crippen molar-refractivity contribution >= 4 is 16.0 Å². The third-order valence-corrected chi connectivity index (χ3v) is 3.61. The Labute approximate surface area is 106 Å². The molecule has 0 saturated heterocycles. The highest BCUT2D eigenvalue weighted by Gasteiger charge is 2.20. The Bertz CT molecular complexity index is 526. The lowest BCUT2D eigenvalue weighted by Gasteiger charge is -2.16. The second-order valence-corrected chi connectivity index (χ2v) is 5.49. The van der Waals surface area contributed by atoms with Crippen LogP contribution in [-0.2, 0) is 14.8 Å². The lowest BCUT2D eigenvalue weighted by Crippen LogP contribution is -2.32. The van der Waals surface area contributed by atoms with Crippen LogP contribution in [0.4, 0.5) is 0 Å². The smallest absolute Gasteiger partial charge is 0.320 e. The summed E-state index contributed by atoms with van der Waals surface area (Å²) < 4.78 is 30.4. The zero-order valence-corrected chi connectivity index (χ0v) is 10.9. The Morgan fingerprint density at radius 1 is 1.44 bits per heavy atom. The summed E-state index contributed by atoms with van der Waals surface area (Å²) >= 11 is 0. The molecule has 0 aliphatic heterocycles. The molecule has 6 nitrogen and oxygen atoms in total. The molecule has 100 valence electrons. The number of para-hydroxylation sites is 1. The van der Waals surface area contributed by atoms with Crippen molar-refractivity contribution in [2.75, 3.05) is 12.9 Å². The molecular weight excluding hydrogens is 258 g/mol. The molecule has 1 aromatic carbocycles. The minimum Gasteiger partial charge on any atom is -0.496 e. The van der Waals surface area contributed by atoms with Crippen LogP contribution in [0.3, 0.4) is 0 Å². The Hall–Kier alpha value is -1.60. The average molecular weight is 273 g/mol. The number of hydrogen-bond acceptors (Lipinski definition) is 4. The summed E-state index contributed by atoms with van der Waals surface area (Å²) in [7, 11) is -2.37. The van der Waals surface area contributed by atoms with Crippen molar-refractivity contribution in [1.82, 2.24) is 4.72 Å². The molecule has 0 spiro atoms. The van der Waals surface area contributed by atoms with E-state index in [-0.39, 0.29) is 0 Å². The van der Waals surface area contributed by atoms with E-state index in [1.54, 1.807) is 31.2 Å². The van der Waals surface area contributed by atoms with Crippen LogP contribution < -0.4 is 9.46 Å². The molecule has 18 heavy (non-hydrogen) atoms. The van der Waals surface area contributed by atoms with Crippen molar-refractivity contribution in [2.45, 2.75) is 13.0 Å². The molecule has 2 N–H and O–H groups in total. The second kappa shape index (κ2) is 5.83. The average Bonchev–Trinajstić information content (AvgIpc) is 2.26. The standard InChI is InChI=1S/C11H15NO5S/c1-8(12-18(15,16)7-11(13)14)9-5-3-4-6-10(9)17-2/h3-6,8,12H,7H2,1-2H3,(H,13,14)/t8-/m0/s1. The van der Waals surface area contributed by atoms with Crippen LogP contribution >= 0.6 is 0 Å². The van der Waals surface area contributed by atoms with E-state index in [2.05, 4.69) is 4.72 Å². The molecule has 0 amide bonds. The van der Waals surface area contributed by atoms with Gasteiger partial charge in [-0.25, -0.2) is 13.1 Å². The third-order valence-electron chi connectivity index (χ3n) is 2.28. The number of aliphatic carboxylic acids is 1. The van der Waals surface area contributed by atoms with Crippen molar-refractivity contribution in [3.63, 3.8) is 0 Å². The van der Waals surface area contributed by atoms with E-state index in [1.165, 1.54) is 7.11 Å². The first-order valence-corrected chi connectivity index (χ1v) is 6.85. The van der Waals surface area contributed by atoms with Crippen molar-refractivity contribution in [1.29, 1.82) is 0 Å². The van der Waals surface area contributed by atoms with E-state index in [9.17, 15) is 13.2 Å². The second-order valence-electron chi connectivity index (χ2n) is 3.73. The molecule has 1 rings (SSSR count). The van der Waals surface area contributed by atoms with Crippen molar-refractivity contribution in [3.8, 4) is 5.75 Å². The van der Waals surface area contributed by atoms with Gasteiger partial charge in [-0.15, -0.1) is 0 Å². The number of carboxylic acids is 1. The van der Waals surface area contributed by atoms with Gasteiger partial charge in [0, 0.05) is 11.6 Å². The summed E-state index contributed by atoms with van der Waals surface area (Å²) in [6, 6.07) is 6.37. The van der Waals surface area contributed by atoms with Crippen molar-refractivity contribution < 1.29 is 23.1 Å². The summed E-state index contributed by atoms with van der Waals surface area (Å²) in [5, 5.41) is 8.49. The van der Waals surface area contributed by atoms with E-state index in [0.29, 0.717) is 11.3 Å². The molecule has 0 radical (unpaired) electrons. The molecule has 0 unspecified atom stereocenters. The highest BCUT2D eigenvalue weighted by molar-refractivity contribution is 7.90. The molecule has 1 aromatic rings. The zero-order chi connectivity index (χ0) is 13.8. The zero-order valence-electron chi connectivity index (χ0n) is 10.1. The minimum absolute atomic E-state index is 0.544. The Morgan fingerprint density at radius 2 is 2.06 bits per heavy atom. The monoisotopic (exact) mass is 273 g/mol. The number of carboxylic acid groups (broad SMARTS) is 1. The Morgan fingerprint density at radius 3 is 2.61 bits per heavy atom. The fourth-order valence-electron chi connectivity index (χ4n) is 1.56. The van der Waals surface area contributed by atoms with Gasteiger partial charge < -0.3 is 9.84 Å². The molecule has 0 aliphatic carbocycles. The van der Waals surface area contributed by atoms with Gasteiger partial charge in [0.15, 0.2) is 5.75 Å². The number of rotatable bonds is 6. The van der Waals surface area contributed by atoms with E-state index in [4.69, 9.17) is 9.84 Å². The van der Waals surface area contributed by atoms with Gasteiger partial charge in [0.1, 0.15) is 5.75 Å². The molecule has 7 heteroatoms. The lowest BCUT2D eigenvalue weighted by molar-refractivity contribution is -0.134. The van der Waals surface area contributed by atoms with E-state index in [0.717, 1.165) is 0 Å². The summed E-state index contributed by atoms with van der Waals surface area (Å²) in [4.78, 5) is 10.4. The van der Waals surface area contributed by atoms with Gasteiger partial charge in [-0.2, -0.15) is 0 Å². The number of nitrogens with one attached hydrogen (secondary N) is 1. The predicted molar refractivity (Wildman–Crippen MR) is 66.0 cm³/mol. The van der Waals surface area contributed by atoms with Gasteiger partial charge in [-0.3, -0.25) is 4.79 Å². The Balaban J connectivity index is 2.88. The molecular formula is C11H15NO5S. The summed E-state index contributed by atoms with van der Waals surface area (Å²) in [6.45, 7) is 1.62. The first-order valence-electron chi connectivity index (χ1n) is 5.20. The SMILES string of the molecule is COc1ccccc1[C@H](C)NS(=O)(=O)CC(=O)O. The fraction of sp³-hybridized carbons (Fsp3) is 0.364. The van der Waals surface area contributed by atoms with Crippen LogP contribution in [0.1, 0.15) is 18.5 Å². The van der Waals surface area contributed by atoms with Gasteiger partial charge in [-0.1, -0.05) is 18.2 Å². The molecule has 0 saturated carbocycles. The van der Waals surface area contributed by atoms with Gasteiger partial charge >= 0.3 is 5.97 Å². The van der Waals surface area contributed by atoms with Crippen molar-refractivity contribution in [2.24, 2.45) is 0 Å². The number of ether oxygens (including phenoxy) is 1. The highest BCUT2D eigenvalue weighted by atomic mass is 32.2. The molecule has 0 bridgehead atoms. The van der Waals surface area contributed by atoms with E-state index >= 15 is 0 Å². The molecule has 0 heterocycles. The van der Waals surface area contributed by atoms with Crippen LogP contribution in [0.15, 0.2) is 24.3 Å². The molecule has 0 aromatic heterocycles. The van der Waals surface area contributed by atoms with Crippen LogP contribution in [0.5, 0.6) is 5.75 Å². The van der Waals surface area contributed by atoms with Gasteiger partial charge in [0.2, 0.25) is 10.0 Å². The highest BCUT2D eigenvalue weighted by Crippen LogP contribution is 2.24. The first kappa shape index (κ1) is 14.5. The minimum atomic E-state index is -3.86. The maximum Gasteiger partial charge on any atom is 0.320 e. The summed E-state index contributed by atoms with van der Waals surface area (Å²) in [5.41, 5.74) is 0.647. The lowest BCUT2D eigenvalue weighted by atomic mass is 10.1. The summed E-state index contributed by atoms with van der Waals surface area (Å²) in [6.07, 6.45) is 0. The number of benzene rings is 1. The number of methoxy groups -OCH3 is 1. The summed E-state index contributed by atoms with van der Waals surface area (Å²) in [5.74, 6) is -1.80. The van der Waals surface area contributed by atoms with Gasteiger partial charge in [0.25, 0.3) is 0 Å². The normalized spacial score (nSPS) is 13.0. The first-order chi connectivity index (χ1) is 8.35. The topological polar surface area (TPSA) is 92.7 Å². The maximum atomic E-state index is 11.5. The Kier molecular flexibility index (Phi) is 4.69. The third kappa shape index (κ3) is 4.01. The number of carbonyl (C=O) groups is 1. The molecule has 1 atom stereocenters. The van der Waals surface area contributed by atoms with Gasteiger partial charge in [-0.05, 0) is 13.0 Å². The molecule has 0 fully saturated rings. The largest absolute Gasteiger partial charge is 0.496 e. The number of hydrogen-bond donors (Lipinski definition) is 2. The predicted octanol–water partition coefficient (Wildman–Crippen LogP) is 0.760. The van der Waals surface area contributed by atoms with Crippen LogP contribution in [0, 0.1) is 0 Å².